The molecule has 4 aliphatic rings. The summed E-state index contributed by atoms with van der Waals surface area (Å²) in [5.41, 5.74) is 2.89. The first-order valence-electron chi connectivity index (χ1n) is 13.3. The van der Waals surface area contributed by atoms with E-state index in [-0.39, 0.29) is 28.3 Å². The lowest BCUT2D eigenvalue weighted by Crippen LogP contribution is -2.55. The number of hydrogen-bond donors (Lipinski definition) is 3. The molecule has 0 saturated heterocycles. The van der Waals surface area contributed by atoms with Crippen molar-refractivity contribution in [1.29, 1.82) is 0 Å². The number of carboxylic acids is 1. The van der Waals surface area contributed by atoms with Crippen molar-refractivity contribution in [2.24, 2.45) is 39.4 Å². The molecule has 0 amide bonds. The number of carboxylic acid groups (broad SMARTS) is 1. The van der Waals surface area contributed by atoms with Crippen LogP contribution in [0, 0.1) is 39.4 Å². The van der Waals surface area contributed by atoms with Crippen LogP contribution < -0.4 is 0 Å². The molecule has 4 rings (SSSR count). The second-order valence-electron chi connectivity index (χ2n) is 13.3. The van der Waals surface area contributed by atoms with Crippen LogP contribution in [0.3, 0.4) is 0 Å². The highest BCUT2D eigenvalue weighted by Gasteiger charge is 2.67. The molecule has 190 valence electrons. The van der Waals surface area contributed by atoms with Gasteiger partial charge in [-0.3, -0.25) is 4.79 Å². The summed E-state index contributed by atoms with van der Waals surface area (Å²) in [6.07, 6.45) is 11.4. The van der Waals surface area contributed by atoms with Crippen molar-refractivity contribution >= 4 is 5.97 Å². The monoisotopic (exact) mass is 470 g/mol. The zero-order chi connectivity index (χ0) is 25.3. The number of allylic oxidation sites excluding steroid dienone is 5. The Labute approximate surface area is 206 Å². The zero-order valence-electron chi connectivity index (χ0n) is 22.3. The molecular weight excluding hydrogens is 424 g/mol. The molecule has 4 aliphatic carbocycles. The highest BCUT2D eigenvalue weighted by atomic mass is 16.4. The standard InChI is InChI=1S/C30H46O4/c1-18(2)9-8-10-19(26(33)34)22-17-25(32)30(7)21-11-12-23-27(3,4)24(31)14-15-28(23,5)20(21)13-16-29(22,30)6/h9,11,13,19,22-25,31-32H,8,10,12,14-17H2,1-7H3,(H,33,34)/t19-,22-,23+,24?,25+,28-,29-,30-/m1/s1. The molecule has 2 saturated carbocycles. The SMILES string of the molecule is CC(C)=CCC[C@@H](C(=O)O)[C@H]1C[C@H](O)[C@@]2(C)C3=CC[C@H]4C(C)(C)C(O)CC[C@]4(C)C3=CC[C@]12C. The summed E-state index contributed by atoms with van der Waals surface area (Å²) in [4.78, 5) is 12.5. The van der Waals surface area contributed by atoms with Crippen LogP contribution in [0.25, 0.3) is 0 Å². The molecule has 0 heterocycles. The molecule has 0 aromatic carbocycles. The maximum absolute atomic E-state index is 12.5. The van der Waals surface area contributed by atoms with Crippen molar-refractivity contribution < 1.29 is 20.1 Å². The van der Waals surface area contributed by atoms with Gasteiger partial charge < -0.3 is 15.3 Å². The minimum absolute atomic E-state index is 0.0232. The van der Waals surface area contributed by atoms with Crippen LogP contribution in [-0.4, -0.2) is 33.5 Å². The molecule has 3 N–H and O–H groups in total. The molecule has 8 atom stereocenters. The number of fused-ring (bicyclic) bond motifs is 5. The average Bonchev–Trinajstić information content (AvgIpc) is 2.95. The van der Waals surface area contributed by atoms with Gasteiger partial charge >= 0.3 is 5.97 Å². The molecule has 0 bridgehead atoms. The molecule has 4 heteroatoms. The molecule has 34 heavy (non-hydrogen) atoms. The van der Waals surface area contributed by atoms with Crippen LogP contribution in [0.5, 0.6) is 0 Å². The minimum atomic E-state index is -0.729. The van der Waals surface area contributed by atoms with Gasteiger partial charge in [-0.2, -0.15) is 0 Å². The van der Waals surface area contributed by atoms with Crippen LogP contribution in [0.2, 0.25) is 0 Å². The maximum Gasteiger partial charge on any atom is 0.306 e. The van der Waals surface area contributed by atoms with Gasteiger partial charge in [0.15, 0.2) is 0 Å². The van der Waals surface area contributed by atoms with E-state index < -0.39 is 23.4 Å². The largest absolute Gasteiger partial charge is 0.481 e. The van der Waals surface area contributed by atoms with Crippen LogP contribution in [0.1, 0.15) is 93.4 Å². The van der Waals surface area contributed by atoms with Crippen molar-refractivity contribution in [2.45, 2.75) is 106 Å². The molecular formula is C30H46O4. The second-order valence-corrected chi connectivity index (χ2v) is 13.3. The van der Waals surface area contributed by atoms with Crippen LogP contribution >= 0.6 is 0 Å². The van der Waals surface area contributed by atoms with E-state index in [9.17, 15) is 20.1 Å². The molecule has 0 aromatic rings. The first-order chi connectivity index (χ1) is 15.7. The minimum Gasteiger partial charge on any atom is -0.481 e. The van der Waals surface area contributed by atoms with Crippen molar-refractivity contribution in [3.05, 3.63) is 34.9 Å². The third kappa shape index (κ3) is 3.42. The van der Waals surface area contributed by atoms with Crippen molar-refractivity contribution in [1.82, 2.24) is 0 Å². The number of carbonyl (C=O) groups is 1. The van der Waals surface area contributed by atoms with Crippen LogP contribution in [0.4, 0.5) is 0 Å². The first kappa shape index (κ1) is 25.7. The molecule has 2 fully saturated rings. The number of hydrogen-bond acceptors (Lipinski definition) is 3. The number of aliphatic carboxylic acids is 1. The van der Waals surface area contributed by atoms with Gasteiger partial charge in [0.05, 0.1) is 18.1 Å². The fourth-order valence-corrected chi connectivity index (χ4v) is 8.73. The van der Waals surface area contributed by atoms with Crippen LogP contribution in [-0.2, 0) is 4.79 Å². The van der Waals surface area contributed by atoms with Gasteiger partial charge in [0.2, 0.25) is 0 Å². The fraction of sp³-hybridized carbons (Fsp3) is 0.767. The highest BCUT2D eigenvalue weighted by Crippen LogP contribution is 2.71. The molecule has 4 nitrogen and oxygen atoms in total. The molecule has 1 unspecified atom stereocenters. The number of rotatable bonds is 5. The second kappa shape index (κ2) is 8.34. The molecule has 0 aliphatic heterocycles. The van der Waals surface area contributed by atoms with Crippen LogP contribution in [0.15, 0.2) is 34.9 Å². The summed E-state index contributed by atoms with van der Waals surface area (Å²) in [5.74, 6) is -0.892. The molecule has 0 spiro atoms. The van der Waals surface area contributed by atoms with Gasteiger partial charge in [0.25, 0.3) is 0 Å². The Balaban J connectivity index is 1.75. The fourth-order valence-electron chi connectivity index (χ4n) is 8.73. The Morgan fingerprint density at radius 2 is 1.76 bits per heavy atom. The van der Waals surface area contributed by atoms with Gasteiger partial charge in [-0.25, -0.2) is 0 Å². The van der Waals surface area contributed by atoms with Gasteiger partial charge in [-0.1, -0.05) is 58.4 Å². The summed E-state index contributed by atoms with van der Waals surface area (Å²) < 4.78 is 0. The smallest absolute Gasteiger partial charge is 0.306 e. The summed E-state index contributed by atoms with van der Waals surface area (Å²) in [6.45, 7) is 15.3. The van der Waals surface area contributed by atoms with Gasteiger partial charge in [0.1, 0.15) is 0 Å². The Kier molecular flexibility index (Phi) is 6.30. The van der Waals surface area contributed by atoms with E-state index in [0.717, 1.165) is 32.1 Å². The van der Waals surface area contributed by atoms with Crippen molar-refractivity contribution in [3.8, 4) is 0 Å². The van der Waals surface area contributed by atoms with E-state index in [1.807, 2.05) is 0 Å². The van der Waals surface area contributed by atoms with Gasteiger partial charge in [-0.05, 0) is 98.0 Å². The predicted molar refractivity (Wildman–Crippen MR) is 136 cm³/mol. The van der Waals surface area contributed by atoms with E-state index in [0.29, 0.717) is 18.8 Å². The van der Waals surface area contributed by atoms with E-state index in [1.54, 1.807) is 0 Å². The normalized spacial score (nSPS) is 43.6. The first-order valence-corrected chi connectivity index (χ1v) is 13.3. The topological polar surface area (TPSA) is 77.8 Å². The Bertz CT molecular complexity index is 937. The lowest BCUT2D eigenvalue weighted by Gasteiger charge is -2.61. The van der Waals surface area contributed by atoms with E-state index in [1.165, 1.54) is 16.7 Å². The van der Waals surface area contributed by atoms with Crippen molar-refractivity contribution in [2.75, 3.05) is 0 Å². The van der Waals surface area contributed by atoms with E-state index in [2.05, 4.69) is 66.7 Å². The maximum atomic E-state index is 12.5. The highest BCUT2D eigenvalue weighted by molar-refractivity contribution is 5.71. The summed E-state index contributed by atoms with van der Waals surface area (Å²) in [5, 5.41) is 32.6. The Morgan fingerprint density at radius 1 is 1.09 bits per heavy atom. The number of aliphatic hydroxyl groups is 2. The van der Waals surface area contributed by atoms with E-state index >= 15 is 0 Å². The average molecular weight is 471 g/mol. The number of aliphatic hydroxyl groups excluding tert-OH is 2. The quantitative estimate of drug-likeness (QED) is 0.413. The third-order valence-electron chi connectivity index (χ3n) is 11.2. The third-order valence-corrected chi connectivity index (χ3v) is 11.2. The predicted octanol–water partition coefficient (Wildman–Crippen LogP) is 6.29. The Hall–Kier alpha value is -1.39. The zero-order valence-corrected chi connectivity index (χ0v) is 22.3. The van der Waals surface area contributed by atoms with E-state index in [4.69, 9.17) is 0 Å². The lowest BCUT2D eigenvalue weighted by molar-refractivity contribution is -0.146. The lowest BCUT2D eigenvalue weighted by atomic mass is 9.44. The van der Waals surface area contributed by atoms with Crippen molar-refractivity contribution in [3.63, 3.8) is 0 Å². The summed E-state index contributed by atoms with van der Waals surface area (Å²) >= 11 is 0. The molecule has 0 aromatic heterocycles. The summed E-state index contributed by atoms with van der Waals surface area (Å²) in [7, 11) is 0. The summed E-state index contributed by atoms with van der Waals surface area (Å²) in [6, 6.07) is 0. The van der Waals surface area contributed by atoms with Gasteiger partial charge in [0, 0.05) is 5.41 Å². The Morgan fingerprint density at radius 3 is 2.38 bits per heavy atom. The molecule has 0 radical (unpaired) electrons. The van der Waals surface area contributed by atoms with Gasteiger partial charge in [-0.15, -0.1) is 0 Å².